The van der Waals surface area contributed by atoms with Gasteiger partial charge in [-0.15, -0.1) is 0 Å². The Hall–Kier alpha value is -5.94. The average molecular weight is 483 g/mol. The zero-order valence-electron chi connectivity index (χ0n) is 20.2. The Morgan fingerprint density at radius 3 is 0.632 bits per heavy atom. The molecule has 4 heteroatoms. The van der Waals surface area contributed by atoms with Gasteiger partial charge in [0.2, 0.25) is 0 Å². The topological polar surface area (TPSA) is 95.2 Å². The van der Waals surface area contributed by atoms with Crippen molar-refractivity contribution in [2.24, 2.45) is 0 Å². The molecule has 0 aromatic heterocycles. The Morgan fingerprint density at radius 2 is 0.474 bits per heavy atom. The molecule has 4 nitrogen and oxygen atoms in total. The lowest BCUT2D eigenvalue weighted by molar-refractivity contribution is 1.47. The summed E-state index contributed by atoms with van der Waals surface area (Å²) in [6, 6.07) is 42.8. The Labute approximate surface area is 221 Å². The molecule has 5 aromatic carbocycles. The molecular formula is C34H18N4. The number of nitrogens with zero attached hydrogens (tertiary/aromatic N) is 4. The van der Waals surface area contributed by atoms with Crippen molar-refractivity contribution in [1.82, 2.24) is 0 Å². The third-order valence-corrected chi connectivity index (χ3v) is 6.46. The number of nitriles is 4. The minimum Gasteiger partial charge on any atom is -0.192 e. The maximum atomic E-state index is 9.30. The quantitative estimate of drug-likeness (QED) is 0.261. The summed E-state index contributed by atoms with van der Waals surface area (Å²) in [7, 11) is 0. The van der Waals surface area contributed by atoms with E-state index in [1.54, 1.807) is 48.5 Å². The van der Waals surface area contributed by atoms with E-state index >= 15 is 0 Å². The van der Waals surface area contributed by atoms with Gasteiger partial charge in [0.25, 0.3) is 0 Å². The van der Waals surface area contributed by atoms with Crippen LogP contribution in [0.1, 0.15) is 22.3 Å². The minimum atomic E-state index is 0.579. The van der Waals surface area contributed by atoms with Crippen LogP contribution in [0.3, 0.4) is 0 Å². The van der Waals surface area contributed by atoms with E-state index in [-0.39, 0.29) is 0 Å². The summed E-state index contributed by atoms with van der Waals surface area (Å²) >= 11 is 0. The third kappa shape index (κ3) is 4.63. The third-order valence-electron chi connectivity index (χ3n) is 6.46. The molecule has 0 N–H and O–H groups in total. The molecule has 0 aliphatic rings. The van der Waals surface area contributed by atoms with Crippen LogP contribution in [0.2, 0.25) is 0 Å². The zero-order valence-corrected chi connectivity index (χ0v) is 20.2. The lowest BCUT2D eigenvalue weighted by Crippen LogP contribution is -1.93. The highest BCUT2D eigenvalue weighted by atomic mass is 14.3. The van der Waals surface area contributed by atoms with Crippen LogP contribution in [-0.2, 0) is 0 Å². The van der Waals surface area contributed by atoms with Crippen molar-refractivity contribution in [3.05, 3.63) is 131 Å². The molecule has 0 spiro atoms. The van der Waals surface area contributed by atoms with Gasteiger partial charge in [-0.3, -0.25) is 0 Å². The first kappa shape index (κ1) is 23.8. The van der Waals surface area contributed by atoms with Crippen LogP contribution in [0.25, 0.3) is 44.5 Å². The van der Waals surface area contributed by atoms with E-state index in [0.717, 1.165) is 44.5 Å². The van der Waals surface area contributed by atoms with Crippen molar-refractivity contribution >= 4 is 0 Å². The van der Waals surface area contributed by atoms with Gasteiger partial charge < -0.3 is 0 Å². The van der Waals surface area contributed by atoms with E-state index in [9.17, 15) is 21.0 Å². The summed E-state index contributed by atoms with van der Waals surface area (Å²) in [4.78, 5) is 0. The van der Waals surface area contributed by atoms with E-state index in [1.165, 1.54) is 0 Å². The predicted molar refractivity (Wildman–Crippen MR) is 147 cm³/mol. The SMILES string of the molecule is N#Cc1ccc(-c2cc(-c3ccc(C#N)cc3)c(-c3ccc(C#N)cc3)cc2-c2ccc(C#N)cc2)cc1. The fourth-order valence-electron chi connectivity index (χ4n) is 4.45. The summed E-state index contributed by atoms with van der Waals surface area (Å²) in [5.41, 5.74) is 9.98. The summed E-state index contributed by atoms with van der Waals surface area (Å²) in [6.07, 6.45) is 0. The molecule has 0 bridgehead atoms. The molecule has 0 unspecified atom stereocenters. The molecule has 5 rings (SSSR count). The van der Waals surface area contributed by atoms with Crippen molar-refractivity contribution in [3.8, 4) is 68.8 Å². The zero-order chi connectivity index (χ0) is 26.5. The van der Waals surface area contributed by atoms with Gasteiger partial charge in [0, 0.05) is 0 Å². The molecule has 0 amide bonds. The van der Waals surface area contributed by atoms with E-state index in [0.29, 0.717) is 22.3 Å². The van der Waals surface area contributed by atoms with Crippen LogP contribution in [0.15, 0.2) is 109 Å². The molecule has 0 atom stereocenters. The molecule has 0 heterocycles. The second kappa shape index (κ2) is 10.4. The largest absolute Gasteiger partial charge is 0.192 e. The Kier molecular flexibility index (Phi) is 6.48. The molecule has 0 saturated heterocycles. The van der Waals surface area contributed by atoms with E-state index in [1.807, 2.05) is 48.5 Å². The molecule has 0 aliphatic heterocycles. The first-order chi connectivity index (χ1) is 18.6. The van der Waals surface area contributed by atoms with Gasteiger partial charge in [-0.25, -0.2) is 0 Å². The minimum absolute atomic E-state index is 0.579. The lowest BCUT2D eigenvalue weighted by atomic mass is 9.85. The Balaban J connectivity index is 1.82. The van der Waals surface area contributed by atoms with Crippen molar-refractivity contribution < 1.29 is 0 Å². The Bertz CT molecular complexity index is 1530. The predicted octanol–water partition coefficient (Wildman–Crippen LogP) is 7.84. The smallest absolute Gasteiger partial charge is 0.0991 e. The maximum Gasteiger partial charge on any atom is 0.0991 e. The number of hydrogen-bond acceptors (Lipinski definition) is 4. The van der Waals surface area contributed by atoms with Crippen molar-refractivity contribution in [1.29, 1.82) is 21.0 Å². The van der Waals surface area contributed by atoms with Crippen LogP contribution in [0, 0.1) is 45.3 Å². The van der Waals surface area contributed by atoms with Gasteiger partial charge in [-0.1, -0.05) is 48.5 Å². The van der Waals surface area contributed by atoms with Crippen molar-refractivity contribution in [2.45, 2.75) is 0 Å². The van der Waals surface area contributed by atoms with Gasteiger partial charge in [0.15, 0.2) is 0 Å². The molecule has 0 radical (unpaired) electrons. The van der Waals surface area contributed by atoms with Crippen LogP contribution >= 0.6 is 0 Å². The second-order valence-corrected chi connectivity index (χ2v) is 8.70. The van der Waals surface area contributed by atoms with E-state index in [4.69, 9.17) is 0 Å². The summed E-state index contributed by atoms with van der Waals surface area (Å²) in [6.45, 7) is 0. The highest BCUT2D eigenvalue weighted by Crippen LogP contribution is 2.42. The van der Waals surface area contributed by atoms with Crippen LogP contribution in [-0.4, -0.2) is 0 Å². The lowest BCUT2D eigenvalue weighted by Gasteiger charge is -2.18. The normalized spacial score (nSPS) is 10.0. The van der Waals surface area contributed by atoms with Crippen LogP contribution in [0.4, 0.5) is 0 Å². The second-order valence-electron chi connectivity index (χ2n) is 8.70. The maximum absolute atomic E-state index is 9.30. The van der Waals surface area contributed by atoms with Gasteiger partial charge in [-0.2, -0.15) is 21.0 Å². The van der Waals surface area contributed by atoms with Gasteiger partial charge in [-0.05, 0) is 105 Å². The number of benzene rings is 5. The molecule has 38 heavy (non-hydrogen) atoms. The molecule has 5 aromatic rings. The first-order valence-corrected chi connectivity index (χ1v) is 11.8. The van der Waals surface area contributed by atoms with Gasteiger partial charge in [0.05, 0.1) is 46.5 Å². The van der Waals surface area contributed by atoms with Crippen LogP contribution < -0.4 is 0 Å². The number of rotatable bonds is 4. The van der Waals surface area contributed by atoms with Gasteiger partial charge in [0.1, 0.15) is 0 Å². The molecule has 0 saturated carbocycles. The summed E-state index contributed by atoms with van der Waals surface area (Å²) < 4.78 is 0. The summed E-state index contributed by atoms with van der Waals surface area (Å²) in [5, 5.41) is 37.2. The fraction of sp³-hybridized carbons (Fsp3) is 0. The highest BCUT2D eigenvalue weighted by molar-refractivity contribution is 5.95. The highest BCUT2D eigenvalue weighted by Gasteiger charge is 2.16. The first-order valence-electron chi connectivity index (χ1n) is 11.8. The number of hydrogen-bond donors (Lipinski definition) is 0. The molecule has 174 valence electrons. The summed E-state index contributed by atoms with van der Waals surface area (Å²) in [5.74, 6) is 0. The van der Waals surface area contributed by atoms with Crippen molar-refractivity contribution in [3.63, 3.8) is 0 Å². The molecular weight excluding hydrogens is 464 g/mol. The monoisotopic (exact) mass is 482 g/mol. The van der Waals surface area contributed by atoms with Gasteiger partial charge >= 0.3 is 0 Å². The van der Waals surface area contributed by atoms with E-state index in [2.05, 4.69) is 36.4 Å². The van der Waals surface area contributed by atoms with Crippen molar-refractivity contribution in [2.75, 3.05) is 0 Å². The Morgan fingerprint density at radius 1 is 0.289 bits per heavy atom. The standard InChI is InChI=1S/C34H18N4/c35-19-23-1-9-27(10-2-23)31-17-33(29-13-5-25(21-37)6-14-29)34(30-15-7-26(22-38)8-16-30)18-32(31)28-11-3-24(20-36)4-12-28/h1-18H. The fourth-order valence-corrected chi connectivity index (χ4v) is 4.45. The van der Waals surface area contributed by atoms with E-state index < -0.39 is 0 Å². The average Bonchev–Trinajstić information content (AvgIpc) is 3.00. The molecule has 0 aliphatic carbocycles. The molecule has 0 fully saturated rings. The van der Waals surface area contributed by atoms with Crippen LogP contribution in [0.5, 0.6) is 0 Å².